The molecule has 80 valence electrons. The van der Waals surface area contributed by atoms with Crippen LogP contribution in [0.1, 0.15) is 34.3 Å². The Balaban J connectivity index is 2.66. The molecule has 1 aromatic rings. The molecule has 4 heteroatoms. The number of rotatable bonds is 1. The van der Waals surface area contributed by atoms with Gasteiger partial charge >= 0.3 is 0 Å². The summed E-state index contributed by atoms with van der Waals surface area (Å²) in [6.45, 7) is 0.241. The molecule has 15 heavy (non-hydrogen) atoms. The van der Waals surface area contributed by atoms with E-state index in [1.807, 2.05) is 0 Å². The number of halogens is 1. The van der Waals surface area contributed by atoms with Crippen molar-refractivity contribution in [1.29, 1.82) is 0 Å². The van der Waals surface area contributed by atoms with E-state index in [1.165, 1.54) is 0 Å². The molecule has 0 aromatic heterocycles. The fourth-order valence-corrected chi connectivity index (χ4v) is 2.61. The Hall–Kier alpha value is -0.870. The molecule has 2 rings (SSSR count). The lowest BCUT2D eigenvalue weighted by molar-refractivity contribution is 0.0972. The zero-order valence-electron chi connectivity index (χ0n) is 8.22. The first-order valence-corrected chi connectivity index (χ1v) is 5.71. The molecule has 0 atom stereocenters. The summed E-state index contributed by atoms with van der Waals surface area (Å²) in [7, 11) is 0. The number of hydrogen-bond acceptors (Lipinski definition) is 3. The van der Waals surface area contributed by atoms with E-state index in [0.717, 1.165) is 18.4 Å². The number of aromatic hydroxyl groups is 1. The molecule has 0 saturated heterocycles. The molecule has 0 saturated carbocycles. The van der Waals surface area contributed by atoms with E-state index in [0.29, 0.717) is 22.0 Å². The van der Waals surface area contributed by atoms with Crippen LogP contribution in [0.5, 0.6) is 5.75 Å². The Kier molecular flexibility index (Phi) is 2.80. The third-order valence-electron chi connectivity index (χ3n) is 2.77. The fourth-order valence-electron chi connectivity index (χ4n) is 1.94. The van der Waals surface area contributed by atoms with Crippen LogP contribution in [0.3, 0.4) is 0 Å². The van der Waals surface area contributed by atoms with Crippen LogP contribution in [-0.2, 0) is 13.0 Å². The second-order valence-corrected chi connectivity index (χ2v) is 4.50. The van der Waals surface area contributed by atoms with Crippen molar-refractivity contribution in [2.24, 2.45) is 5.73 Å². The minimum absolute atomic E-state index is 0.145. The first-order valence-electron chi connectivity index (χ1n) is 4.91. The van der Waals surface area contributed by atoms with E-state index in [1.54, 1.807) is 6.07 Å². The molecule has 1 aliphatic carbocycles. The van der Waals surface area contributed by atoms with Crippen LogP contribution >= 0.6 is 15.9 Å². The van der Waals surface area contributed by atoms with Gasteiger partial charge in [-0.25, -0.2) is 0 Å². The van der Waals surface area contributed by atoms with E-state index >= 15 is 0 Å². The standard InChI is InChI=1S/C11H12BrNO2/c12-10-7-2-1-3-9(14)8(7)4-6(5-13)11(10)15/h4,15H,1-3,5,13H2. The molecule has 0 aliphatic heterocycles. The molecular formula is C11H12BrNO2. The lowest BCUT2D eigenvalue weighted by Crippen LogP contribution is -2.13. The van der Waals surface area contributed by atoms with Crippen LogP contribution < -0.4 is 5.73 Å². The summed E-state index contributed by atoms with van der Waals surface area (Å²) in [5.74, 6) is 0.317. The maximum Gasteiger partial charge on any atom is 0.163 e. The number of benzene rings is 1. The largest absolute Gasteiger partial charge is 0.506 e. The van der Waals surface area contributed by atoms with Gasteiger partial charge in [0.2, 0.25) is 0 Å². The predicted molar refractivity (Wildman–Crippen MR) is 61.0 cm³/mol. The molecule has 0 amide bonds. The van der Waals surface area contributed by atoms with Gasteiger partial charge in [0.15, 0.2) is 5.78 Å². The van der Waals surface area contributed by atoms with Crippen LogP contribution in [0.15, 0.2) is 10.5 Å². The van der Waals surface area contributed by atoms with Gasteiger partial charge in [0, 0.05) is 24.1 Å². The number of fused-ring (bicyclic) bond motifs is 1. The summed E-state index contributed by atoms with van der Waals surface area (Å²) < 4.78 is 0.633. The molecule has 3 N–H and O–H groups in total. The molecule has 0 bridgehead atoms. The van der Waals surface area contributed by atoms with E-state index in [9.17, 15) is 9.90 Å². The Morgan fingerprint density at radius 3 is 2.87 bits per heavy atom. The summed E-state index contributed by atoms with van der Waals surface area (Å²) in [6, 6.07) is 1.72. The minimum atomic E-state index is 0.145. The normalized spacial score (nSPS) is 15.2. The van der Waals surface area contributed by atoms with Crippen molar-refractivity contribution < 1.29 is 9.90 Å². The number of carbonyl (C=O) groups excluding carboxylic acids is 1. The van der Waals surface area contributed by atoms with Crippen molar-refractivity contribution in [1.82, 2.24) is 0 Å². The highest BCUT2D eigenvalue weighted by Gasteiger charge is 2.22. The van der Waals surface area contributed by atoms with Crippen LogP contribution in [0.4, 0.5) is 0 Å². The van der Waals surface area contributed by atoms with Gasteiger partial charge in [-0.1, -0.05) is 0 Å². The minimum Gasteiger partial charge on any atom is -0.506 e. The number of phenols is 1. The first-order chi connectivity index (χ1) is 7.15. The van der Waals surface area contributed by atoms with Gasteiger partial charge in [0.05, 0.1) is 4.47 Å². The number of ketones is 1. The summed E-state index contributed by atoms with van der Waals surface area (Å²) in [5, 5.41) is 9.80. The van der Waals surface area contributed by atoms with Crippen LogP contribution in [0.25, 0.3) is 0 Å². The maximum atomic E-state index is 11.7. The summed E-state index contributed by atoms with van der Waals surface area (Å²) >= 11 is 3.33. The van der Waals surface area contributed by atoms with Gasteiger partial charge in [-0.15, -0.1) is 0 Å². The number of hydrogen-bond donors (Lipinski definition) is 2. The summed E-state index contributed by atoms with van der Waals surface area (Å²) in [5.41, 5.74) is 7.76. The maximum absolute atomic E-state index is 11.7. The van der Waals surface area contributed by atoms with E-state index in [-0.39, 0.29) is 18.1 Å². The van der Waals surface area contributed by atoms with Crippen LogP contribution in [0.2, 0.25) is 0 Å². The molecule has 0 radical (unpaired) electrons. The monoisotopic (exact) mass is 269 g/mol. The SMILES string of the molecule is NCc1cc2c(c(Br)c1O)CCCC2=O. The Morgan fingerprint density at radius 1 is 1.47 bits per heavy atom. The van der Waals surface area contributed by atoms with Gasteiger partial charge in [-0.2, -0.15) is 0 Å². The van der Waals surface area contributed by atoms with E-state index < -0.39 is 0 Å². The zero-order valence-corrected chi connectivity index (χ0v) is 9.80. The molecule has 1 aromatic carbocycles. The van der Waals surface area contributed by atoms with Crippen molar-refractivity contribution >= 4 is 21.7 Å². The summed E-state index contributed by atoms with van der Waals surface area (Å²) in [4.78, 5) is 11.7. The average Bonchev–Trinajstić information content (AvgIpc) is 2.24. The van der Waals surface area contributed by atoms with Gasteiger partial charge in [0.1, 0.15) is 5.75 Å². The van der Waals surface area contributed by atoms with Gasteiger partial charge in [-0.3, -0.25) is 4.79 Å². The van der Waals surface area contributed by atoms with Crippen molar-refractivity contribution in [2.45, 2.75) is 25.8 Å². The number of phenolic OH excluding ortho intramolecular Hbond substituents is 1. The quantitative estimate of drug-likeness (QED) is 0.821. The first kappa shape index (κ1) is 10.6. The average molecular weight is 270 g/mol. The van der Waals surface area contributed by atoms with Gasteiger partial charge in [0.25, 0.3) is 0 Å². The zero-order chi connectivity index (χ0) is 11.0. The Labute approximate surface area is 96.4 Å². The van der Waals surface area contributed by atoms with Gasteiger partial charge in [-0.05, 0) is 40.4 Å². The van der Waals surface area contributed by atoms with Crippen molar-refractivity contribution in [2.75, 3.05) is 0 Å². The smallest absolute Gasteiger partial charge is 0.163 e. The van der Waals surface area contributed by atoms with E-state index in [2.05, 4.69) is 15.9 Å². The number of carbonyl (C=O) groups is 1. The molecule has 1 aliphatic rings. The highest BCUT2D eigenvalue weighted by molar-refractivity contribution is 9.10. The van der Waals surface area contributed by atoms with Crippen LogP contribution in [-0.4, -0.2) is 10.9 Å². The second-order valence-electron chi connectivity index (χ2n) is 3.71. The Morgan fingerprint density at radius 2 is 2.20 bits per heavy atom. The van der Waals surface area contributed by atoms with Crippen molar-refractivity contribution in [3.63, 3.8) is 0 Å². The number of Topliss-reactive ketones (excluding diaryl/α,β-unsaturated/α-hetero) is 1. The molecule has 3 nitrogen and oxygen atoms in total. The lowest BCUT2D eigenvalue weighted by atomic mass is 9.89. The fraction of sp³-hybridized carbons (Fsp3) is 0.364. The van der Waals surface area contributed by atoms with Crippen molar-refractivity contribution in [3.8, 4) is 5.75 Å². The van der Waals surface area contributed by atoms with E-state index in [4.69, 9.17) is 5.73 Å². The molecule has 0 fully saturated rings. The molecule has 0 unspecified atom stereocenters. The second kappa shape index (κ2) is 3.94. The highest BCUT2D eigenvalue weighted by atomic mass is 79.9. The highest BCUT2D eigenvalue weighted by Crippen LogP contribution is 2.37. The summed E-state index contributed by atoms with van der Waals surface area (Å²) in [6.07, 6.45) is 2.28. The Bertz CT molecular complexity index is 429. The predicted octanol–water partition coefficient (Wildman–Crippen LogP) is 2.13. The lowest BCUT2D eigenvalue weighted by Gasteiger charge is -2.18. The molecular weight excluding hydrogens is 258 g/mol. The third kappa shape index (κ3) is 1.68. The number of nitrogens with two attached hydrogens (primary N) is 1. The molecule has 0 heterocycles. The van der Waals surface area contributed by atoms with Crippen molar-refractivity contribution in [3.05, 3.63) is 27.2 Å². The van der Waals surface area contributed by atoms with Gasteiger partial charge < -0.3 is 10.8 Å². The molecule has 0 spiro atoms. The topological polar surface area (TPSA) is 63.3 Å². The van der Waals surface area contributed by atoms with Crippen LogP contribution in [0, 0.1) is 0 Å². The third-order valence-corrected chi connectivity index (χ3v) is 3.63.